The van der Waals surface area contributed by atoms with Crippen LogP contribution in [0.5, 0.6) is 0 Å². The summed E-state index contributed by atoms with van der Waals surface area (Å²) in [5, 5.41) is 2.87. The Morgan fingerprint density at radius 1 is 1.24 bits per heavy atom. The van der Waals surface area contributed by atoms with Crippen LogP contribution >= 0.6 is 23.4 Å². The van der Waals surface area contributed by atoms with E-state index < -0.39 is 11.7 Å². The number of halogens is 2. The molecule has 1 amide bonds. The summed E-state index contributed by atoms with van der Waals surface area (Å²) in [6.07, 6.45) is 2.00. The summed E-state index contributed by atoms with van der Waals surface area (Å²) in [6.45, 7) is 1.85. The van der Waals surface area contributed by atoms with Crippen molar-refractivity contribution in [3.05, 3.63) is 64.4 Å². The molecule has 1 unspecified atom stereocenters. The van der Waals surface area contributed by atoms with E-state index in [0.29, 0.717) is 0 Å². The van der Waals surface area contributed by atoms with Gasteiger partial charge in [-0.1, -0.05) is 29.8 Å². The van der Waals surface area contributed by atoms with Gasteiger partial charge in [-0.3, -0.25) is 4.79 Å². The lowest BCUT2D eigenvalue weighted by Gasteiger charge is -2.15. The van der Waals surface area contributed by atoms with Gasteiger partial charge in [0.1, 0.15) is 5.82 Å². The molecule has 0 aliphatic rings. The average Bonchev–Trinajstić information content (AvgIpc) is 2.47. The van der Waals surface area contributed by atoms with E-state index in [1.54, 1.807) is 11.8 Å². The summed E-state index contributed by atoms with van der Waals surface area (Å²) in [5.41, 5.74) is 0.834. The number of thioether (sulfide) groups is 1. The van der Waals surface area contributed by atoms with Crippen LogP contribution in [0, 0.1) is 5.82 Å². The summed E-state index contributed by atoms with van der Waals surface area (Å²) in [5.74, 6) is -1.13. The fourth-order valence-corrected chi connectivity index (χ4v) is 2.62. The van der Waals surface area contributed by atoms with Crippen LogP contribution in [0.1, 0.15) is 28.9 Å². The highest BCUT2D eigenvalue weighted by atomic mass is 35.5. The molecule has 0 spiro atoms. The van der Waals surface area contributed by atoms with Gasteiger partial charge in [-0.2, -0.15) is 0 Å². The summed E-state index contributed by atoms with van der Waals surface area (Å²) in [6, 6.07) is 11.8. The number of amides is 1. The van der Waals surface area contributed by atoms with E-state index in [-0.39, 0.29) is 16.6 Å². The average molecular weight is 324 g/mol. The number of carbonyl (C=O) groups excluding carboxylic acids is 1. The number of carbonyl (C=O) groups is 1. The van der Waals surface area contributed by atoms with Crippen LogP contribution in [-0.4, -0.2) is 12.2 Å². The van der Waals surface area contributed by atoms with Crippen molar-refractivity contribution >= 4 is 29.3 Å². The minimum absolute atomic E-state index is 0.109. The van der Waals surface area contributed by atoms with Crippen molar-refractivity contribution in [2.24, 2.45) is 0 Å². The molecule has 0 saturated heterocycles. The van der Waals surface area contributed by atoms with E-state index >= 15 is 0 Å². The van der Waals surface area contributed by atoms with Gasteiger partial charge in [0.2, 0.25) is 0 Å². The first-order chi connectivity index (χ1) is 10.0. The van der Waals surface area contributed by atoms with Crippen LogP contribution in [0.3, 0.4) is 0 Å². The molecule has 0 aliphatic heterocycles. The van der Waals surface area contributed by atoms with Crippen molar-refractivity contribution < 1.29 is 9.18 Å². The quantitative estimate of drug-likeness (QED) is 0.827. The van der Waals surface area contributed by atoms with E-state index in [1.165, 1.54) is 18.2 Å². The van der Waals surface area contributed by atoms with Crippen LogP contribution in [0.2, 0.25) is 5.02 Å². The van der Waals surface area contributed by atoms with Crippen molar-refractivity contribution in [2.45, 2.75) is 17.9 Å². The zero-order chi connectivity index (χ0) is 15.4. The first kappa shape index (κ1) is 15.9. The Labute approximate surface area is 132 Å². The van der Waals surface area contributed by atoms with Crippen LogP contribution in [-0.2, 0) is 0 Å². The van der Waals surface area contributed by atoms with Crippen molar-refractivity contribution in [3.8, 4) is 0 Å². The molecule has 0 saturated carbocycles. The maximum Gasteiger partial charge on any atom is 0.256 e. The molecule has 1 atom stereocenters. The smallest absolute Gasteiger partial charge is 0.256 e. The van der Waals surface area contributed by atoms with E-state index in [4.69, 9.17) is 11.6 Å². The normalized spacial score (nSPS) is 12.0. The second-order valence-electron chi connectivity index (χ2n) is 4.56. The number of hydrogen-bond acceptors (Lipinski definition) is 2. The van der Waals surface area contributed by atoms with Crippen molar-refractivity contribution in [2.75, 3.05) is 6.26 Å². The van der Waals surface area contributed by atoms with Gasteiger partial charge in [-0.25, -0.2) is 4.39 Å². The minimum atomic E-state index is -0.620. The predicted molar refractivity (Wildman–Crippen MR) is 85.5 cm³/mol. The van der Waals surface area contributed by atoms with Gasteiger partial charge >= 0.3 is 0 Å². The van der Waals surface area contributed by atoms with Gasteiger partial charge in [0.15, 0.2) is 0 Å². The molecule has 1 N–H and O–H groups in total. The van der Waals surface area contributed by atoms with Gasteiger partial charge in [-0.15, -0.1) is 11.8 Å². The Morgan fingerprint density at radius 3 is 2.48 bits per heavy atom. The standard InChI is InChI=1S/C16H15ClFNOS/c1-10(11-6-8-12(21-2)9-7-11)19-16(20)15-13(17)4-3-5-14(15)18/h3-10H,1-2H3,(H,19,20). The molecule has 5 heteroatoms. The van der Waals surface area contributed by atoms with Crippen LogP contribution in [0.15, 0.2) is 47.4 Å². The van der Waals surface area contributed by atoms with Gasteiger partial charge < -0.3 is 5.32 Å². The Morgan fingerprint density at radius 2 is 1.90 bits per heavy atom. The zero-order valence-corrected chi connectivity index (χ0v) is 13.3. The third-order valence-corrected chi connectivity index (χ3v) is 4.21. The maximum absolute atomic E-state index is 13.7. The molecule has 2 rings (SSSR count). The van der Waals surface area contributed by atoms with Gasteiger partial charge in [0.05, 0.1) is 16.6 Å². The molecule has 0 fully saturated rings. The molecular weight excluding hydrogens is 309 g/mol. The second kappa shape index (κ2) is 6.96. The Balaban J connectivity index is 2.15. The van der Waals surface area contributed by atoms with Crippen LogP contribution in [0.4, 0.5) is 4.39 Å². The highest BCUT2D eigenvalue weighted by Crippen LogP contribution is 2.22. The fraction of sp³-hybridized carbons (Fsp3) is 0.188. The number of nitrogens with one attached hydrogen (secondary N) is 1. The Hall–Kier alpha value is -1.52. The monoisotopic (exact) mass is 323 g/mol. The SMILES string of the molecule is CSc1ccc(C(C)NC(=O)c2c(F)cccc2Cl)cc1. The van der Waals surface area contributed by atoms with Crippen molar-refractivity contribution in [3.63, 3.8) is 0 Å². The van der Waals surface area contributed by atoms with E-state index in [9.17, 15) is 9.18 Å². The van der Waals surface area contributed by atoms with E-state index in [2.05, 4.69) is 5.32 Å². The number of hydrogen-bond donors (Lipinski definition) is 1. The number of rotatable bonds is 4. The van der Waals surface area contributed by atoms with Crippen molar-refractivity contribution in [1.29, 1.82) is 0 Å². The van der Waals surface area contributed by atoms with Crippen LogP contribution < -0.4 is 5.32 Å². The molecule has 110 valence electrons. The number of benzene rings is 2. The summed E-state index contributed by atoms with van der Waals surface area (Å²) < 4.78 is 13.7. The molecule has 21 heavy (non-hydrogen) atoms. The molecule has 0 aliphatic carbocycles. The van der Waals surface area contributed by atoms with E-state index in [1.807, 2.05) is 37.4 Å². The molecule has 0 bridgehead atoms. The van der Waals surface area contributed by atoms with Crippen LogP contribution in [0.25, 0.3) is 0 Å². The molecule has 2 nitrogen and oxygen atoms in total. The predicted octanol–water partition coefficient (Wildman–Crippen LogP) is 4.69. The minimum Gasteiger partial charge on any atom is -0.345 e. The zero-order valence-electron chi connectivity index (χ0n) is 11.7. The molecule has 0 heterocycles. The largest absolute Gasteiger partial charge is 0.345 e. The first-order valence-electron chi connectivity index (χ1n) is 6.41. The first-order valence-corrected chi connectivity index (χ1v) is 8.02. The van der Waals surface area contributed by atoms with E-state index in [0.717, 1.165) is 10.5 Å². The summed E-state index contributed by atoms with van der Waals surface area (Å²) in [7, 11) is 0. The highest BCUT2D eigenvalue weighted by molar-refractivity contribution is 7.98. The van der Waals surface area contributed by atoms with Gasteiger partial charge in [0.25, 0.3) is 5.91 Å². The maximum atomic E-state index is 13.7. The van der Waals surface area contributed by atoms with Gasteiger partial charge in [0, 0.05) is 4.90 Å². The lowest BCUT2D eigenvalue weighted by molar-refractivity contribution is 0.0936. The fourth-order valence-electron chi connectivity index (χ4n) is 1.96. The molecule has 0 aromatic heterocycles. The highest BCUT2D eigenvalue weighted by Gasteiger charge is 2.18. The molecule has 2 aromatic carbocycles. The molecular formula is C16H15ClFNOS. The topological polar surface area (TPSA) is 29.1 Å². The summed E-state index contributed by atoms with van der Waals surface area (Å²) >= 11 is 7.54. The molecule has 2 aromatic rings. The lowest BCUT2D eigenvalue weighted by Crippen LogP contribution is -2.27. The second-order valence-corrected chi connectivity index (χ2v) is 5.85. The third-order valence-electron chi connectivity index (χ3n) is 3.15. The lowest BCUT2D eigenvalue weighted by atomic mass is 10.1. The Kier molecular flexibility index (Phi) is 5.26. The summed E-state index contributed by atoms with van der Waals surface area (Å²) in [4.78, 5) is 13.3. The van der Waals surface area contributed by atoms with Crippen molar-refractivity contribution in [1.82, 2.24) is 5.32 Å². The molecule has 0 radical (unpaired) electrons. The Bertz CT molecular complexity index is 625. The van der Waals surface area contributed by atoms with Gasteiger partial charge in [-0.05, 0) is 43.0 Å². The third kappa shape index (κ3) is 3.77.